The first kappa shape index (κ1) is 17.1. The van der Waals surface area contributed by atoms with Crippen LogP contribution in [0.5, 0.6) is 0 Å². The number of urea groups is 1. The van der Waals surface area contributed by atoms with Crippen molar-refractivity contribution in [2.24, 2.45) is 0 Å². The first-order valence-corrected chi connectivity index (χ1v) is 5.98. The molecule has 1 fully saturated rings. The van der Waals surface area contributed by atoms with Gasteiger partial charge >= 0.3 is 28.4 Å². The molecule has 2 aromatic rings. The van der Waals surface area contributed by atoms with Gasteiger partial charge in [-0.05, 0) is 11.1 Å². The Balaban J connectivity index is 0.00000110. The summed E-state index contributed by atoms with van der Waals surface area (Å²) in [5.41, 5.74) is 0.341. The van der Waals surface area contributed by atoms with E-state index in [1.807, 2.05) is 60.7 Å². The predicted molar refractivity (Wildman–Crippen MR) is 76.3 cm³/mol. The third-order valence-corrected chi connectivity index (χ3v) is 3.28. The minimum absolute atomic E-state index is 0. The second kappa shape index (κ2) is 6.69. The molecule has 1 aliphatic heterocycles. The fraction of sp³-hybridized carbons (Fsp3) is 0.0667. The molecule has 1 heterocycles. The molecule has 2 aromatic carbocycles. The van der Waals surface area contributed by atoms with Gasteiger partial charge in [0.05, 0.1) is 0 Å². The number of hydrogen-bond acceptors (Lipinski definition) is 2. The van der Waals surface area contributed by atoms with Gasteiger partial charge in [-0.2, -0.15) is 0 Å². The Morgan fingerprint density at radius 1 is 0.762 bits per heavy atom. The van der Waals surface area contributed by atoms with Crippen molar-refractivity contribution in [1.29, 1.82) is 0 Å². The van der Waals surface area contributed by atoms with E-state index in [-0.39, 0.29) is 34.4 Å². The number of quaternary nitrogens is 1. The number of nitrogens with one attached hydrogen (secondary N) is 2. The summed E-state index contributed by atoms with van der Waals surface area (Å²) in [6.07, 6.45) is 0. The van der Waals surface area contributed by atoms with E-state index < -0.39 is 11.6 Å². The van der Waals surface area contributed by atoms with Crippen molar-refractivity contribution in [3.63, 3.8) is 0 Å². The third kappa shape index (κ3) is 2.77. The summed E-state index contributed by atoms with van der Waals surface area (Å²) in [5, 5.41) is 5.07. The van der Waals surface area contributed by atoms with E-state index in [2.05, 4.69) is 10.6 Å². The molecule has 0 bridgehead atoms. The number of carbonyl (C=O) groups is 2. The van der Waals surface area contributed by atoms with E-state index >= 15 is 0 Å². The summed E-state index contributed by atoms with van der Waals surface area (Å²) in [4.78, 5) is 23.9. The van der Waals surface area contributed by atoms with Crippen molar-refractivity contribution in [1.82, 2.24) is 16.8 Å². The average molecular weight is 378 g/mol. The molecule has 3 amide bonds. The van der Waals surface area contributed by atoms with Gasteiger partial charge in [0.25, 0.3) is 5.91 Å². The molecular weight excluding hydrogens is 362 g/mol. The molecule has 0 saturated carbocycles. The standard InChI is InChI=1S/C15H12N2O2.Ag.H3N/c18-13-15(17-14(19)16-13,11-7-3-1-4-8-11)12-9-5-2-6-10-12;;/h1-10H,(H2,16,17,18,19);;1H3/q;+1;/p+1. The Labute approximate surface area is 138 Å². The van der Waals surface area contributed by atoms with Crippen molar-refractivity contribution in [3.8, 4) is 0 Å². The first-order valence-electron chi connectivity index (χ1n) is 5.98. The summed E-state index contributed by atoms with van der Waals surface area (Å²) in [6, 6.07) is 18.0. The summed E-state index contributed by atoms with van der Waals surface area (Å²) in [7, 11) is 0. The molecule has 112 valence electrons. The summed E-state index contributed by atoms with van der Waals surface area (Å²) in [5.74, 6) is -0.352. The maximum absolute atomic E-state index is 12.3. The van der Waals surface area contributed by atoms with Gasteiger partial charge in [0.1, 0.15) is 0 Å². The fourth-order valence-electron chi connectivity index (χ4n) is 2.40. The number of carbonyl (C=O) groups excluding carboxylic acids is 2. The van der Waals surface area contributed by atoms with E-state index in [0.29, 0.717) is 0 Å². The number of rotatable bonds is 2. The van der Waals surface area contributed by atoms with E-state index in [4.69, 9.17) is 0 Å². The molecule has 0 aromatic heterocycles. The summed E-state index contributed by atoms with van der Waals surface area (Å²) >= 11 is 0. The van der Waals surface area contributed by atoms with Crippen LogP contribution in [0, 0.1) is 0 Å². The molecule has 0 radical (unpaired) electrons. The van der Waals surface area contributed by atoms with Gasteiger partial charge in [0.15, 0.2) is 5.54 Å². The van der Waals surface area contributed by atoms with Crippen LogP contribution in [0.2, 0.25) is 0 Å². The van der Waals surface area contributed by atoms with Crippen LogP contribution in [0.15, 0.2) is 60.7 Å². The molecule has 6 N–H and O–H groups in total. The number of hydrogen-bond donors (Lipinski definition) is 3. The SMILES string of the molecule is O=C1NC(=O)C(c2ccccc2)(c2ccccc2)N1.[Ag+].[NH4+]. The van der Waals surface area contributed by atoms with Crippen LogP contribution in [-0.4, -0.2) is 11.9 Å². The molecule has 1 aliphatic rings. The summed E-state index contributed by atoms with van der Waals surface area (Å²) in [6.45, 7) is 0. The molecule has 5 nitrogen and oxygen atoms in total. The van der Waals surface area contributed by atoms with Crippen LogP contribution in [0.25, 0.3) is 0 Å². The zero-order valence-corrected chi connectivity index (χ0v) is 12.9. The largest absolute Gasteiger partial charge is 1.00 e. The molecule has 0 aliphatic carbocycles. The Kier molecular flexibility index (Phi) is 5.46. The van der Waals surface area contributed by atoms with E-state index in [9.17, 15) is 9.59 Å². The molecule has 3 rings (SSSR count). The molecule has 0 spiro atoms. The Bertz CT molecular complexity index is 592. The van der Waals surface area contributed by atoms with Crippen molar-refractivity contribution in [2.45, 2.75) is 5.54 Å². The van der Waals surface area contributed by atoms with Crippen molar-refractivity contribution >= 4 is 11.9 Å². The Morgan fingerprint density at radius 3 is 1.52 bits per heavy atom. The van der Waals surface area contributed by atoms with Crippen LogP contribution >= 0.6 is 0 Å². The zero-order valence-electron chi connectivity index (χ0n) is 11.4. The molecule has 0 atom stereocenters. The predicted octanol–water partition coefficient (Wildman–Crippen LogP) is 2.14. The number of amides is 3. The topological polar surface area (TPSA) is 94.7 Å². The van der Waals surface area contributed by atoms with Crippen LogP contribution in [0.3, 0.4) is 0 Å². The fourth-order valence-corrected chi connectivity index (χ4v) is 2.40. The molecule has 6 heteroatoms. The maximum Gasteiger partial charge on any atom is 1.00 e. The van der Waals surface area contributed by atoms with Gasteiger partial charge in [-0.1, -0.05) is 60.7 Å². The van der Waals surface area contributed by atoms with Gasteiger partial charge < -0.3 is 11.5 Å². The van der Waals surface area contributed by atoms with Crippen LogP contribution in [0.1, 0.15) is 11.1 Å². The minimum atomic E-state index is -1.14. The van der Waals surface area contributed by atoms with Crippen LogP contribution in [0.4, 0.5) is 4.79 Å². The Morgan fingerprint density at radius 2 is 1.19 bits per heavy atom. The summed E-state index contributed by atoms with van der Waals surface area (Å²) < 4.78 is 0. The van der Waals surface area contributed by atoms with Gasteiger partial charge in [-0.25, -0.2) is 4.79 Å². The second-order valence-corrected chi connectivity index (χ2v) is 4.39. The monoisotopic (exact) mass is 377 g/mol. The molecule has 1 saturated heterocycles. The van der Waals surface area contributed by atoms with Crippen LogP contribution < -0.4 is 16.8 Å². The van der Waals surface area contributed by atoms with Gasteiger partial charge in [-0.3, -0.25) is 10.1 Å². The van der Waals surface area contributed by atoms with Crippen molar-refractivity contribution in [3.05, 3.63) is 71.8 Å². The number of benzene rings is 2. The van der Waals surface area contributed by atoms with Gasteiger partial charge in [0, 0.05) is 0 Å². The quantitative estimate of drug-likeness (QED) is 0.552. The van der Waals surface area contributed by atoms with Crippen molar-refractivity contribution < 1.29 is 32.0 Å². The Hall–Kier alpha value is -1.92. The maximum atomic E-state index is 12.3. The second-order valence-electron chi connectivity index (χ2n) is 4.39. The average Bonchev–Trinajstić information content (AvgIpc) is 2.76. The van der Waals surface area contributed by atoms with E-state index in [1.54, 1.807) is 0 Å². The molecule has 21 heavy (non-hydrogen) atoms. The first-order chi connectivity index (χ1) is 9.23. The van der Waals surface area contributed by atoms with Gasteiger partial charge in [-0.15, -0.1) is 0 Å². The van der Waals surface area contributed by atoms with Crippen LogP contribution in [-0.2, 0) is 32.7 Å². The number of imide groups is 1. The minimum Gasteiger partial charge on any atom is -0.369 e. The van der Waals surface area contributed by atoms with Crippen molar-refractivity contribution in [2.75, 3.05) is 0 Å². The molecular formula is C15H16AgN3O2+2. The smallest absolute Gasteiger partial charge is 0.369 e. The van der Waals surface area contributed by atoms with Gasteiger partial charge in [0.2, 0.25) is 0 Å². The van der Waals surface area contributed by atoms with E-state index in [1.165, 1.54) is 0 Å². The van der Waals surface area contributed by atoms with E-state index in [0.717, 1.165) is 11.1 Å². The zero-order chi connectivity index (χ0) is 13.3. The third-order valence-electron chi connectivity index (χ3n) is 3.28. The normalized spacial score (nSPS) is 15.2. The molecule has 0 unspecified atom stereocenters.